The van der Waals surface area contributed by atoms with Gasteiger partial charge in [-0.05, 0) is 30.2 Å². The molecule has 128 valence electrons. The summed E-state index contributed by atoms with van der Waals surface area (Å²) in [6.07, 6.45) is -2.30. The number of alkyl halides is 1. The van der Waals surface area contributed by atoms with E-state index >= 15 is 0 Å². The molecule has 0 radical (unpaired) electrons. The second-order valence-electron chi connectivity index (χ2n) is 5.43. The van der Waals surface area contributed by atoms with Crippen LogP contribution in [0.25, 0.3) is 0 Å². The molecule has 1 fully saturated rings. The number of halogens is 3. The summed E-state index contributed by atoms with van der Waals surface area (Å²) >= 11 is 11.9. The number of rotatable bonds is 5. The molecular formula is C14H18Cl2FN3O3. The van der Waals surface area contributed by atoms with Gasteiger partial charge in [0, 0.05) is 23.5 Å². The van der Waals surface area contributed by atoms with Gasteiger partial charge in [0.1, 0.15) is 12.0 Å². The van der Waals surface area contributed by atoms with Crippen molar-refractivity contribution >= 4 is 29.1 Å². The van der Waals surface area contributed by atoms with Crippen molar-refractivity contribution in [2.24, 2.45) is 5.73 Å². The average molecular weight is 366 g/mol. The fraction of sp³-hybridized carbons (Fsp3) is 0.500. The van der Waals surface area contributed by atoms with Crippen molar-refractivity contribution in [3.63, 3.8) is 0 Å². The Labute approximate surface area is 143 Å². The predicted octanol–water partition coefficient (Wildman–Crippen LogP) is 0.976. The maximum absolute atomic E-state index is 13.7. The molecule has 1 saturated heterocycles. The van der Waals surface area contributed by atoms with Crippen molar-refractivity contribution in [2.75, 3.05) is 13.1 Å². The molecule has 1 aliphatic heterocycles. The van der Waals surface area contributed by atoms with Crippen LogP contribution < -0.4 is 5.73 Å². The first-order valence-corrected chi connectivity index (χ1v) is 7.87. The molecule has 0 aliphatic carbocycles. The second-order valence-corrected chi connectivity index (χ2v) is 6.10. The first-order valence-electron chi connectivity index (χ1n) is 6.96. The zero-order chi connectivity index (χ0) is 17.3. The Morgan fingerprint density at radius 2 is 2.17 bits per heavy atom. The standard InChI is InChI=1S/C14H18Cl2FN3O3/c1-7(9-2-8(17)3-11(16)10(9)4-15)19-6-13(22)20(14(19)23)5-12(18)21/h2-3,7,13-14,22-23H,4-6H2,1H3,(H2,18,21). The Morgan fingerprint density at radius 3 is 2.74 bits per heavy atom. The molecule has 23 heavy (non-hydrogen) atoms. The molecular weight excluding hydrogens is 348 g/mol. The predicted molar refractivity (Wildman–Crippen MR) is 84.0 cm³/mol. The van der Waals surface area contributed by atoms with Gasteiger partial charge >= 0.3 is 0 Å². The molecule has 0 bridgehead atoms. The molecule has 1 aliphatic rings. The van der Waals surface area contributed by atoms with E-state index < -0.39 is 30.3 Å². The number of carbonyl (C=O) groups is 1. The number of primary amides is 1. The maximum Gasteiger partial charge on any atom is 0.231 e. The summed E-state index contributed by atoms with van der Waals surface area (Å²) in [5.41, 5.74) is 6.17. The molecule has 1 amide bonds. The number of aliphatic hydroxyl groups excluding tert-OH is 2. The van der Waals surface area contributed by atoms with Gasteiger partial charge in [-0.3, -0.25) is 9.69 Å². The van der Waals surface area contributed by atoms with E-state index in [0.717, 1.165) is 4.90 Å². The zero-order valence-corrected chi connectivity index (χ0v) is 13.9. The minimum absolute atomic E-state index is 0.0610. The molecule has 3 unspecified atom stereocenters. The number of β-amino-alcohol motifs (C(OH)–C–C–N with tert-alkyl or cyclic N) is 1. The number of aliphatic hydroxyl groups is 2. The number of carbonyl (C=O) groups excluding carboxylic acids is 1. The van der Waals surface area contributed by atoms with Crippen LogP contribution in [0.15, 0.2) is 12.1 Å². The largest absolute Gasteiger partial charge is 0.377 e. The zero-order valence-electron chi connectivity index (χ0n) is 12.4. The van der Waals surface area contributed by atoms with Crippen molar-refractivity contribution in [1.82, 2.24) is 9.80 Å². The van der Waals surface area contributed by atoms with E-state index in [-0.39, 0.29) is 24.0 Å². The number of amides is 1. The van der Waals surface area contributed by atoms with Gasteiger partial charge < -0.3 is 15.9 Å². The summed E-state index contributed by atoms with van der Waals surface area (Å²) in [5, 5.41) is 20.5. The summed E-state index contributed by atoms with van der Waals surface area (Å²) in [7, 11) is 0. The SMILES string of the molecule is CC(c1cc(F)cc(Cl)c1CCl)N1CC(O)N(CC(N)=O)C1O. The van der Waals surface area contributed by atoms with Gasteiger partial charge in [-0.25, -0.2) is 9.29 Å². The number of hydrogen-bond acceptors (Lipinski definition) is 5. The van der Waals surface area contributed by atoms with Crippen LogP contribution >= 0.6 is 23.2 Å². The summed E-state index contributed by atoms with van der Waals surface area (Å²) in [6.45, 7) is 1.49. The topological polar surface area (TPSA) is 90.0 Å². The van der Waals surface area contributed by atoms with Gasteiger partial charge in [-0.2, -0.15) is 0 Å². The van der Waals surface area contributed by atoms with Crippen LogP contribution in [0.3, 0.4) is 0 Å². The average Bonchev–Trinajstić information content (AvgIpc) is 2.73. The molecule has 1 heterocycles. The lowest BCUT2D eigenvalue weighted by atomic mass is 10.0. The van der Waals surface area contributed by atoms with E-state index in [4.69, 9.17) is 28.9 Å². The van der Waals surface area contributed by atoms with Gasteiger partial charge in [-0.15, -0.1) is 11.6 Å². The highest BCUT2D eigenvalue weighted by Crippen LogP contribution is 2.34. The number of nitrogens with two attached hydrogens (primary N) is 1. The summed E-state index contributed by atoms with van der Waals surface area (Å²) in [6, 6.07) is 1.98. The molecule has 2 rings (SSSR count). The molecule has 4 N–H and O–H groups in total. The molecule has 1 aromatic carbocycles. The minimum Gasteiger partial charge on any atom is -0.377 e. The van der Waals surface area contributed by atoms with Gasteiger partial charge in [0.15, 0.2) is 6.35 Å². The van der Waals surface area contributed by atoms with E-state index in [1.165, 1.54) is 17.0 Å². The third-order valence-corrected chi connectivity index (χ3v) is 4.57. The third kappa shape index (κ3) is 3.76. The van der Waals surface area contributed by atoms with Gasteiger partial charge in [0.05, 0.1) is 6.54 Å². The highest BCUT2D eigenvalue weighted by atomic mass is 35.5. The Kier molecular flexibility index (Phi) is 5.83. The van der Waals surface area contributed by atoms with Gasteiger partial charge in [0.2, 0.25) is 5.91 Å². The monoisotopic (exact) mass is 365 g/mol. The van der Waals surface area contributed by atoms with E-state index in [1.807, 2.05) is 0 Å². The first-order chi connectivity index (χ1) is 10.8. The van der Waals surface area contributed by atoms with Crippen molar-refractivity contribution < 1.29 is 19.4 Å². The maximum atomic E-state index is 13.7. The Morgan fingerprint density at radius 1 is 1.52 bits per heavy atom. The summed E-state index contributed by atoms with van der Waals surface area (Å²) in [4.78, 5) is 13.7. The van der Waals surface area contributed by atoms with E-state index in [1.54, 1.807) is 6.92 Å². The van der Waals surface area contributed by atoms with Crippen LogP contribution in [0.5, 0.6) is 0 Å². The first kappa shape index (κ1) is 18.4. The van der Waals surface area contributed by atoms with Crippen LogP contribution in [0.4, 0.5) is 4.39 Å². The Balaban J connectivity index is 2.31. The fourth-order valence-electron chi connectivity index (χ4n) is 2.77. The number of nitrogens with zero attached hydrogens (tertiary/aromatic N) is 2. The van der Waals surface area contributed by atoms with E-state index in [0.29, 0.717) is 11.1 Å². The Hall–Kier alpha value is -0.960. The number of benzene rings is 1. The van der Waals surface area contributed by atoms with Gasteiger partial charge in [-0.1, -0.05) is 11.6 Å². The van der Waals surface area contributed by atoms with Crippen molar-refractivity contribution in [3.05, 3.63) is 34.1 Å². The highest BCUT2D eigenvalue weighted by Gasteiger charge is 2.41. The van der Waals surface area contributed by atoms with Crippen LogP contribution in [0, 0.1) is 5.82 Å². The molecule has 3 atom stereocenters. The lowest BCUT2D eigenvalue weighted by Crippen LogP contribution is -2.45. The summed E-state index contributed by atoms with van der Waals surface area (Å²) in [5.74, 6) is -1.11. The van der Waals surface area contributed by atoms with Crippen molar-refractivity contribution in [3.8, 4) is 0 Å². The van der Waals surface area contributed by atoms with Crippen molar-refractivity contribution in [2.45, 2.75) is 31.4 Å². The molecule has 0 aromatic heterocycles. The molecule has 0 spiro atoms. The normalized spacial score (nSPS) is 24.1. The van der Waals surface area contributed by atoms with Gasteiger partial charge in [0.25, 0.3) is 0 Å². The van der Waals surface area contributed by atoms with Crippen LogP contribution in [-0.2, 0) is 10.7 Å². The fourth-order valence-corrected chi connectivity index (χ4v) is 3.42. The van der Waals surface area contributed by atoms with Crippen LogP contribution in [-0.4, -0.2) is 51.6 Å². The van der Waals surface area contributed by atoms with Crippen LogP contribution in [0.1, 0.15) is 24.1 Å². The summed E-state index contributed by atoms with van der Waals surface area (Å²) < 4.78 is 13.7. The van der Waals surface area contributed by atoms with E-state index in [2.05, 4.69) is 0 Å². The Bertz CT molecular complexity index is 605. The minimum atomic E-state index is -1.24. The van der Waals surface area contributed by atoms with E-state index in [9.17, 15) is 19.4 Å². The number of hydrogen-bond donors (Lipinski definition) is 3. The molecule has 0 saturated carbocycles. The third-order valence-electron chi connectivity index (χ3n) is 3.96. The lowest BCUT2D eigenvalue weighted by molar-refractivity contribution is -0.133. The lowest BCUT2D eigenvalue weighted by Gasteiger charge is -2.30. The smallest absolute Gasteiger partial charge is 0.231 e. The van der Waals surface area contributed by atoms with Crippen LogP contribution in [0.2, 0.25) is 5.02 Å². The second kappa shape index (κ2) is 7.29. The highest BCUT2D eigenvalue weighted by molar-refractivity contribution is 6.32. The molecule has 6 nitrogen and oxygen atoms in total. The quantitative estimate of drug-likeness (QED) is 0.676. The molecule has 1 aromatic rings. The molecule has 9 heteroatoms. The van der Waals surface area contributed by atoms with Crippen molar-refractivity contribution in [1.29, 1.82) is 0 Å².